The molecule has 2 aromatic rings. The molecular formula is C18H15ClF3N3O2. The molecule has 1 aliphatic carbocycles. The molecule has 0 aromatic heterocycles. The van der Waals surface area contributed by atoms with Gasteiger partial charge in [-0.15, -0.1) is 0 Å². The second-order valence-corrected chi connectivity index (χ2v) is 6.30. The number of rotatable bonds is 4. The highest BCUT2D eigenvalue weighted by atomic mass is 35.5. The molecule has 0 saturated carbocycles. The molecule has 3 rings (SSSR count). The van der Waals surface area contributed by atoms with E-state index in [1.165, 1.54) is 19.2 Å². The van der Waals surface area contributed by atoms with Crippen molar-refractivity contribution in [3.63, 3.8) is 0 Å². The van der Waals surface area contributed by atoms with Crippen LogP contribution in [0.15, 0.2) is 47.6 Å². The van der Waals surface area contributed by atoms with Gasteiger partial charge in [0.25, 0.3) is 5.91 Å². The van der Waals surface area contributed by atoms with E-state index in [9.17, 15) is 18.0 Å². The van der Waals surface area contributed by atoms with Crippen LogP contribution in [0.5, 0.6) is 5.75 Å². The number of hydrogen-bond donors (Lipinski definition) is 2. The monoisotopic (exact) mass is 397 g/mol. The lowest BCUT2D eigenvalue weighted by Crippen LogP contribution is -2.34. The van der Waals surface area contributed by atoms with Gasteiger partial charge in [-0.25, -0.2) is 10.7 Å². The zero-order chi connectivity index (χ0) is 19.6. The lowest BCUT2D eigenvalue weighted by Gasteiger charge is -2.16. The van der Waals surface area contributed by atoms with Gasteiger partial charge >= 0.3 is 6.30 Å². The molecular weight excluding hydrogens is 383 g/mol. The van der Waals surface area contributed by atoms with Crippen LogP contribution in [0.4, 0.5) is 13.2 Å². The highest BCUT2D eigenvalue weighted by Crippen LogP contribution is 2.36. The van der Waals surface area contributed by atoms with Gasteiger partial charge < -0.3 is 4.74 Å². The molecule has 9 heteroatoms. The summed E-state index contributed by atoms with van der Waals surface area (Å²) in [7, 11) is 1.43. The van der Waals surface area contributed by atoms with Crippen LogP contribution in [0.1, 0.15) is 33.9 Å². The molecule has 0 spiro atoms. The first-order valence-corrected chi connectivity index (χ1v) is 8.30. The summed E-state index contributed by atoms with van der Waals surface area (Å²) in [4.78, 5) is 12.2. The molecule has 0 saturated heterocycles. The number of methoxy groups -OCH3 is 1. The molecule has 0 unspecified atom stereocenters. The Bertz CT molecular complexity index is 900. The maximum Gasteiger partial charge on any atom is 0.457 e. The van der Waals surface area contributed by atoms with Crippen molar-refractivity contribution in [3.8, 4) is 5.75 Å². The number of nitrogens with one attached hydrogen (secondary N) is 2. The third-order valence-electron chi connectivity index (χ3n) is 4.06. The first-order chi connectivity index (χ1) is 12.8. The van der Waals surface area contributed by atoms with Crippen molar-refractivity contribution in [2.45, 2.75) is 18.8 Å². The van der Waals surface area contributed by atoms with Gasteiger partial charge in [0.2, 0.25) is 0 Å². The highest BCUT2D eigenvalue weighted by molar-refractivity contribution is 6.31. The molecule has 0 fully saturated rings. The molecule has 1 amide bonds. The van der Waals surface area contributed by atoms with Gasteiger partial charge in [0, 0.05) is 28.6 Å². The van der Waals surface area contributed by atoms with Gasteiger partial charge in [0.1, 0.15) is 5.75 Å². The number of hydrogen-bond acceptors (Lipinski definition) is 4. The van der Waals surface area contributed by atoms with Crippen molar-refractivity contribution in [3.05, 3.63) is 64.2 Å². The number of nitrogens with zero attached hydrogens (tertiary/aromatic N) is 1. The third-order valence-corrected chi connectivity index (χ3v) is 4.29. The zero-order valence-corrected chi connectivity index (χ0v) is 14.9. The number of halogens is 4. The molecule has 2 aromatic carbocycles. The van der Waals surface area contributed by atoms with Crippen LogP contribution in [0.2, 0.25) is 5.02 Å². The Morgan fingerprint density at radius 1 is 1.26 bits per heavy atom. The first kappa shape index (κ1) is 19.2. The predicted molar refractivity (Wildman–Crippen MR) is 95.0 cm³/mol. The number of ether oxygens (including phenoxy) is 1. The summed E-state index contributed by atoms with van der Waals surface area (Å²) in [6.07, 6.45) is -4.58. The SMILES string of the molecule is COc1ccc2c(c1)[C@@H](NC(F)(F)F)C/C2=N\NC(=O)c1cccc(Cl)c1. The largest absolute Gasteiger partial charge is 0.497 e. The van der Waals surface area contributed by atoms with E-state index >= 15 is 0 Å². The van der Waals surface area contributed by atoms with Gasteiger partial charge in [-0.05, 0) is 42.0 Å². The zero-order valence-electron chi connectivity index (χ0n) is 14.1. The fourth-order valence-electron chi connectivity index (χ4n) is 2.88. The summed E-state index contributed by atoms with van der Waals surface area (Å²) < 4.78 is 43.5. The van der Waals surface area contributed by atoms with Crippen LogP contribution in [0.25, 0.3) is 0 Å². The quantitative estimate of drug-likeness (QED) is 0.604. The minimum Gasteiger partial charge on any atom is -0.497 e. The highest BCUT2D eigenvalue weighted by Gasteiger charge is 2.37. The summed E-state index contributed by atoms with van der Waals surface area (Å²) in [6.45, 7) is 0. The fraction of sp³-hybridized carbons (Fsp3) is 0.222. The molecule has 0 heterocycles. The van der Waals surface area contributed by atoms with Gasteiger partial charge in [-0.1, -0.05) is 17.7 Å². The van der Waals surface area contributed by atoms with Gasteiger partial charge in [0.15, 0.2) is 0 Å². The predicted octanol–water partition coefficient (Wildman–Crippen LogP) is 4.04. The van der Waals surface area contributed by atoms with E-state index in [1.807, 2.05) is 0 Å². The molecule has 0 aliphatic heterocycles. The summed E-state index contributed by atoms with van der Waals surface area (Å²) in [5.74, 6) is -0.0702. The number of benzene rings is 2. The van der Waals surface area contributed by atoms with Gasteiger partial charge in [-0.3, -0.25) is 4.79 Å². The summed E-state index contributed by atoms with van der Waals surface area (Å²) in [5, 5.41) is 6.04. The van der Waals surface area contributed by atoms with E-state index < -0.39 is 18.2 Å². The number of carbonyl (C=O) groups excluding carboxylic acids is 1. The van der Waals surface area contributed by atoms with Gasteiger partial charge in [-0.2, -0.15) is 18.3 Å². The second kappa shape index (κ2) is 7.58. The second-order valence-electron chi connectivity index (χ2n) is 5.86. The average molecular weight is 398 g/mol. The van der Waals surface area contributed by atoms with Crippen LogP contribution in [0, 0.1) is 0 Å². The third kappa shape index (κ3) is 4.58. The van der Waals surface area contributed by atoms with E-state index in [0.29, 0.717) is 33.2 Å². The van der Waals surface area contributed by atoms with Crippen LogP contribution >= 0.6 is 11.6 Å². The van der Waals surface area contributed by atoms with Crippen LogP contribution in [-0.2, 0) is 0 Å². The van der Waals surface area contributed by atoms with Crippen molar-refractivity contribution >= 4 is 23.2 Å². The molecule has 1 atom stereocenters. The summed E-state index contributed by atoms with van der Waals surface area (Å²) in [6, 6.07) is 10.0. The summed E-state index contributed by atoms with van der Waals surface area (Å²) >= 11 is 5.85. The Labute approximate surface area is 158 Å². The standard InChI is InChI=1S/C18H15ClF3N3O2/c1-27-12-5-6-13-14(8-12)15(23-18(20,21)22)9-16(13)24-25-17(26)10-3-2-4-11(19)7-10/h2-8,15,23H,9H2,1H3,(H,25,26)/b24-16+/t15-/m0/s1. The summed E-state index contributed by atoms with van der Waals surface area (Å²) in [5.41, 5.74) is 3.93. The van der Waals surface area contributed by atoms with E-state index in [0.717, 1.165) is 0 Å². The molecule has 1 aliphatic rings. The molecule has 142 valence electrons. The number of carbonyl (C=O) groups is 1. The molecule has 5 nitrogen and oxygen atoms in total. The number of hydrazone groups is 1. The van der Waals surface area contributed by atoms with E-state index in [-0.39, 0.29) is 6.42 Å². The molecule has 0 bridgehead atoms. The number of alkyl halides is 3. The van der Waals surface area contributed by atoms with Gasteiger partial charge in [0.05, 0.1) is 12.8 Å². The minimum atomic E-state index is -4.55. The maximum atomic E-state index is 12.8. The lowest BCUT2D eigenvalue weighted by atomic mass is 10.1. The van der Waals surface area contributed by atoms with Crippen LogP contribution < -0.4 is 15.5 Å². The van der Waals surface area contributed by atoms with Crippen LogP contribution in [0.3, 0.4) is 0 Å². The average Bonchev–Trinajstić information content (AvgIpc) is 2.94. The minimum absolute atomic E-state index is 0.0299. The Kier molecular flexibility index (Phi) is 5.38. The van der Waals surface area contributed by atoms with Crippen molar-refractivity contribution in [1.82, 2.24) is 10.7 Å². The van der Waals surface area contributed by atoms with E-state index in [2.05, 4.69) is 10.5 Å². The Morgan fingerprint density at radius 3 is 2.70 bits per heavy atom. The van der Waals surface area contributed by atoms with Crippen LogP contribution in [-0.4, -0.2) is 25.0 Å². The Balaban J connectivity index is 1.86. The molecule has 2 N–H and O–H groups in total. The first-order valence-electron chi connectivity index (χ1n) is 7.92. The maximum absolute atomic E-state index is 12.8. The van der Waals surface area contributed by atoms with E-state index in [4.69, 9.17) is 16.3 Å². The van der Waals surface area contributed by atoms with Crippen molar-refractivity contribution in [2.75, 3.05) is 7.11 Å². The topological polar surface area (TPSA) is 62.7 Å². The fourth-order valence-corrected chi connectivity index (χ4v) is 3.07. The smallest absolute Gasteiger partial charge is 0.457 e. The Hall–Kier alpha value is -2.58. The lowest BCUT2D eigenvalue weighted by molar-refractivity contribution is -0.164. The van der Waals surface area contributed by atoms with Crippen molar-refractivity contribution in [2.24, 2.45) is 5.10 Å². The van der Waals surface area contributed by atoms with Crippen molar-refractivity contribution in [1.29, 1.82) is 0 Å². The normalized spacial score (nSPS) is 17.7. The Morgan fingerprint density at radius 2 is 2.04 bits per heavy atom. The number of fused-ring (bicyclic) bond motifs is 1. The van der Waals surface area contributed by atoms with Crippen molar-refractivity contribution < 1.29 is 22.7 Å². The molecule has 0 radical (unpaired) electrons. The van der Waals surface area contributed by atoms with E-state index in [1.54, 1.807) is 35.6 Å². The molecule has 27 heavy (non-hydrogen) atoms. The number of amides is 1.